The molecule has 0 saturated carbocycles. The lowest BCUT2D eigenvalue weighted by atomic mass is 10.1. The molecular weight excluding hydrogens is 481 g/mol. The standard InChI is InChI=1S/C22H28FN5O2S3/c1-13(2)18-12-31-20(25-18)11-28-8-7-16(10-28)27(4)22-26-21(14(3)32-22)15-5-6-19(17(23)9-15)33(24,29)30/h5-6,9,12-13,16H,7-8,10-11H2,1-4H3,(H2,24,29,30)/t16-/m0/s1. The van der Waals surface area contributed by atoms with Gasteiger partial charge in [0, 0.05) is 42.0 Å². The highest BCUT2D eigenvalue weighted by molar-refractivity contribution is 7.89. The van der Waals surface area contributed by atoms with Crippen LogP contribution in [0.5, 0.6) is 0 Å². The Kier molecular flexibility index (Phi) is 6.88. The van der Waals surface area contributed by atoms with Gasteiger partial charge in [-0.15, -0.1) is 22.7 Å². The number of rotatable bonds is 7. The summed E-state index contributed by atoms with van der Waals surface area (Å²) < 4.78 is 37.3. The lowest BCUT2D eigenvalue weighted by Gasteiger charge is -2.24. The zero-order valence-electron chi connectivity index (χ0n) is 19.1. The van der Waals surface area contributed by atoms with E-state index in [1.165, 1.54) is 12.1 Å². The SMILES string of the molecule is Cc1sc(N(C)[C@H]2CCN(Cc3nc(C(C)C)cs3)C2)nc1-c1ccc(S(N)(=O)=O)c(F)c1. The van der Waals surface area contributed by atoms with Crippen molar-refractivity contribution in [3.8, 4) is 11.3 Å². The van der Waals surface area contributed by atoms with Crippen LogP contribution in [0.15, 0.2) is 28.5 Å². The molecule has 1 aromatic carbocycles. The van der Waals surface area contributed by atoms with Gasteiger partial charge in [-0.3, -0.25) is 4.90 Å². The molecule has 178 valence electrons. The first-order valence-corrected chi connectivity index (χ1v) is 14.0. The highest BCUT2D eigenvalue weighted by Crippen LogP contribution is 2.35. The fourth-order valence-electron chi connectivity index (χ4n) is 3.96. The number of hydrogen-bond donors (Lipinski definition) is 1. The van der Waals surface area contributed by atoms with Gasteiger partial charge in [-0.1, -0.05) is 19.9 Å². The molecule has 0 spiro atoms. The molecule has 7 nitrogen and oxygen atoms in total. The second kappa shape index (κ2) is 9.38. The van der Waals surface area contributed by atoms with Gasteiger partial charge in [-0.25, -0.2) is 27.9 Å². The number of thiazole rings is 2. The minimum atomic E-state index is -4.10. The highest BCUT2D eigenvalue weighted by atomic mass is 32.2. The summed E-state index contributed by atoms with van der Waals surface area (Å²) in [5.41, 5.74) is 2.34. The Balaban J connectivity index is 1.46. The molecule has 0 radical (unpaired) electrons. The maximum Gasteiger partial charge on any atom is 0.240 e. The highest BCUT2D eigenvalue weighted by Gasteiger charge is 2.28. The number of likely N-dealkylation sites (tertiary alicyclic amines) is 1. The van der Waals surface area contributed by atoms with Crippen molar-refractivity contribution in [3.63, 3.8) is 0 Å². The topological polar surface area (TPSA) is 92.4 Å². The minimum absolute atomic E-state index is 0.328. The molecule has 33 heavy (non-hydrogen) atoms. The van der Waals surface area contributed by atoms with Gasteiger partial charge in [0.1, 0.15) is 15.7 Å². The third-order valence-corrected chi connectivity index (χ3v) is 8.77. The Morgan fingerprint density at radius 3 is 2.73 bits per heavy atom. The van der Waals surface area contributed by atoms with Crippen molar-refractivity contribution in [2.45, 2.75) is 50.6 Å². The zero-order chi connectivity index (χ0) is 23.9. The van der Waals surface area contributed by atoms with E-state index in [2.05, 4.69) is 29.0 Å². The van der Waals surface area contributed by atoms with Crippen molar-refractivity contribution in [1.82, 2.24) is 14.9 Å². The van der Waals surface area contributed by atoms with Gasteiger partial charge >= 0.3 is 0 Å². The van der Waals surface area contributed by atoms with E-state index in [4.69, 9.17) is 15.1 Å². The molecule has 1 aliphatic rings. The first-order valence-electron chi connectivity index (χ1n) is 10.7. The summed E-state index contributed by atoms with van der Waals surface area (Å²) in [6.45, 7) is 9.05. The van der Waals surface area contributed by atoms with E-state index in [-0.39, 0.29) is 0 Å². The molecule has 2 aromatic heterocycles. The maximum atomic E-state index is 14.3. The number of hydrogen-bond acceptors (Lipinski definition) is 8. The van der Waals surface area contributed by atoms with Crippen LogP contribution < -0.4 is 10.0 Å². The summed E-state index contributed by atoms with van der Waals surface area (Å²) in [7, 11) is -2.06. The average molecular weight is 510 g/mol. The van der Waals surface area contributed by atoms with Crippen LogP contribution in [0.25, 0.3) is 11.3 Å². The first-order chi connectivity index (χ1) is 15.5. The normalized spacial score (nSPS) is 17.2. The van der Waals surface area contributed by atoms with Crippen LogP contribution in [-0.2, 0) is 16.6 Å². The molecule has 0 unspecified atom stereocenters. The Bertz CT molecular complexity index is 1250. The van der Waals surface area contributed by atoms with Crippen LogP contribution in [0.2, 0.25) is 0 Å². The quantitative estimate of drug-likeness (QED) is 0.513. The van der Waals surface area contributed by atoms with Gasteiger partial charge in [0.25, 0.3) is 0 Å². The number of sulfonamides is 1. The average Bonchev–Trinajstić information content (AvgIpc) is 3.47. The van der Waals surface area contributed by atoms with Crippen LogP contribution in [0.4, 0.5) is 9.52 Å². The van der Waals surface area contributed by atoms with Crippen LogP contribution in [0.1, 0.15) is 41.8 Å². The molecule has 4 rings (SSSR count). The van der Waals surface area contributed by atoms with E-state index < -0.39 is 20.7 Å². The van der Waals surface area contributed by atoms with E-state index in [1.807, 2.05) is 14.0 Å². The Morgan fingerprint density at radius 1 is 1.33 bits per heavy atom. The third kappa shape index (κ3) is 5.27. The predicted molar refractivity (Wildman–Crippen MR) is 132 cm³/mol. The third-order valence-electron chi connectivity index (χ3n) is 5.91. The number of aromatic nitrogens is 2. The molecule has 1 aliphatic heterocycles. The fraction of sp³-hybridized carbons (Fsp3) is 0.455. The van der Waals surface area contributed by atoms with Crippen LogP contribution >= 0.6 is 22.7 Å². The number of halogens is 1. The first kappa shape index (κ1) is 24.2. The molecule has 0 aliphatic carbocycles. The number of nitrogens with two attached hydrogens (primary N) is 1. The van der Waals surface area contributed by atoms with Crippen molar-refractivity contribution < 1.29 is 12.8 Å². The smallest absolute Gasteiger partial charge is 0.240 e. The lowest BCUT2D eigenvalue weighted by Crippen LogP contribution is -2.34. The summed E-state index contributed by atoms with van der Waals surface area (Å²) >= 11 is 3.28. The van der Waals surface area contributed by atoms with E-state index in [9.17, 15) is 12.8 Å². The van der Waals surface area contributed by atoms with Gasteiger partial charge in [0.15, 0.2) is 5.13 Å². The van der Waals surface area contributed by atoms with Gasteiger partial charge < -0.3 is 4.90 Å². The molecule has 3 heterocycles. The van der Waals surface area contributed by atoms with Gasteiger partial charge in [-0.05, 0) is 31.4 Å². The number of nitrogens with zero attached hydrogens (tertiary/aromatic N) is 4. The summed E-state index contributed by atoms with van der Waals surface area (Å²) in [5, 5.41) is 9.23. The predicted octanol–water partition coefficient (Wildman–Crippen LogP) is 4.20. The number of likely N-dealkylation sites (N-methyl/N-ethyl adjacent to an activating group) is 1. The summed E-state index contributed by atoms with van der Waals surface area (Å²) in [5.74, 6) is -0.425. The van der Waals surface area contributed by atoms with Crippen molar-refractivity contribution in [3.05, 3.63) is 45.0 Å². The Labute approximate surface area is 202 Å². The van der Waals surface area contributed by atoms with E-state index in [1.54, 1.807) is 28.7 Å². The molecule has 1 atom stereocenters. The second-order valence-electron chi connectivity index (χ2n) is 8.70. The molecule has 0 amide bonds. The van der Waals surface area contributed by atoms with E-state index >= 15 is 0 Å². The van der Waals surface area contributed by atoms with E-state index in [0.717, 1.165) is 46.8 Å². The number of primary sulfonamides is 1. The van der Waals surface area contributed by atoms with Crippen molar-refractivity contribution in [2.24, 2.45) is 5.14 Å². The molecule has 2 N–H and O–H groups in total. The van der Waals surface area contributed by atoms with Gasteiger partial charge in [0.2, 0.25) is 10.0 Å². The zero-order valence-corrected chi connectivity index (χ0v) is 21.5. The summed E-state index contributed by atoms with van der Waals surface area (Å²) in [6.07, 6.45) is 1.03. The molecule has 0 bridgehead atoms. The van der Waals surface area contributed by atoms with Crippen LogP contribution in [-0.4, -0.2) is 49.5 Å². The number of benzene rings is 1. The number of aryl methyl sites for hydroxylation is 1. The largest absolute Gasteiger partial charge is 0.347 e. The van der Waals surface area contributed by atoms with E-state index in [0.29, 0.717) is 23.2 Å². The maximum absolute atomic E-state index is 14.3. The monoisotopic (exact) mass is 509 g/mol. The van der Waals surface area contributed by atoms with Gasteiger partial charge in [-0.2, -0.15) is 0 Å². The van der Waals surface area contributed by atoms with Crippen LogP contribution in [0, 0.1) is 12.7 Å². The Hall–Kier alpha value is -1.92. The minimum Gasteiger partial charge on any atom is -0.347 e. The fourth-order valence-corrected chi connectivity index (χ4v) is 6.51. The number of anilines is 1. The van der Waals surface area contributed by atoms with Crippen molar-refractivity contribution >= 4 is 37.8 Å². The Morgan fingerprint density at radius 2 is 2.09 bits per heavy atom. The summed E-state index contributed by atoms with van der Waals surface area (Å²) in [4.78, 5) is 14.6. The molecule has 1 fully saturated rings. The van der Waals surface area contributed by atoms with Crippen molar-refractivity contribution in [2.75, 3.05) is 25.0 Å². The van der Waals surface area contributed by atoms with Gasteiger partial charge in [0.05, 0.1) is 17.9 Å². The second-order valence-corrected chi connectivity index (χ2v) is 12.4. The molecule has 11 heteroatoms. The molecular formula is C22H28FN5O2S3. The summed E-state index contributed by atoms with van der Waals surface area (Å²) in [6, 6.07) is 4.25. The van der Waals surface area contributed by atoms with Crippen LogP contribution in [0.3, 0.4) is 0 Å². The molecule has 3 aromatic rings. The lowest BCUT2D eigenvalue weighted by molar-refractivity contribution is 0.325. The molecule has 1 saturated heterocycles. The van der Waals surface area contributed by atoms with Crippen molar-refractivity contribution in [1.29, 1.82) is 0 Å².